The molecule has 0 saturated carbocycles. The van der Waals surface area contributed by atoms with Crippen molar-refractivity contribution < 1.29 is 14.6 Å². The summed E-state index contributed by atoms with van der Waals surface area (Å²) >= 11 is 0. The van der Waals surface area contributed by atoms with E-state index in [2.05, 4.69) is 20.7 Å². The van der Waals surface area contributed by atoms with Crippen LogP contribution in [0.4, 0.5) is 0 Å². The van der Waals surface area contributed by atoms with Crippen LogP contribution in [-0.4, -0.2) is 34.5 Å². The number of nitrogens with one attached hydrogen (secondary N) is 2. The number of benzene rings is 2. The van der Waals surface area contributed by atoms with Crippen molar-refractivity contribution in [1.29, 1.82) is 0 Å². The highest BCUT2D eigenvalue weighted by molar-refractivity contribution is 5.94. The standard InChI is InChI=1S/C20H20N4O3/c1-12-7-8-14(9-13(12)2)16-10-17(23-22-16)20(26)24-21-11-15-5-4-6-18(27-3)19(15)25/h4-11,25H,1-3H3,(H,22,23)(H,24,26). The number of carbonyl (C=O) groups is 1. The highest BCUT2D eigenvalue weighted by Gasteiger charge is 2.11. The van der Waals surface area contributed by atoms with Crippen LogP contribution in [0.25, 0.3) is 11.3 Å². The molecule has 0 fully saturated rings. The summed E-state index contributed by atoms with van der Waals surface area (Å²) in [6, 6.07) is 12.7. The molecule has 3 N–H and O–H groups in total. The van der Waals surface area contributed by atoms with Crippen molar-refractivity contribution in [2.75, 3.05) is 7.11 Å². The summed E-state index contributed by atoms with van der Waals surface area (Å²) in [5.41, 5.74) is 7.08. The normalized spacial score (nSPS) is 10.9. The topological polar surface area (TPSA) is 99.6 Å². The van der Waals surface area contributed by atoms with Gasteiger partial charge >= 0.3 is 0 Å². The Morgan fingerprint density at radius 1 is 1.22 bits per heavy atom. The molecule has 7 nitrogen and oxygen atoms in total. The maximum absolute atomic E-state index is 12.2. The van der Waals surface area contributed by atoms with E-state index in [9.17, 15) is 9.90 Å². The molecule has 27 heavy (non-hydrogen) atoms. The maximum atomic E-state index is 12.2. The van der Waals surface area contributed by atoms with Gasteiger partial charge in [0.05, 0.1) is 19.0 Å². The van der Waals surface area contributed by atoms with E-state index in [1.807, 2.05) is 32.0 Å². The van der Waals surface area contributed by atoms with Gasteiger partial charge in [-0.25, -0.2) is 5.43 Å². The maximum Gasteiger partial charge on any atom is 0.289 e. The highest BCUT2D eigenvalue weighted by atomic mass is 16.5. The summed E-state index contributed by atoms with van der Waals surface area (Å²) in [5, 5.41) is 20.8. The highest BCUT2D eigenvalue weighted by Crippen LogP contribution is 2.28. The Morgan fingerprint density at radius 3 is 2.78 bits per heavy atom. The van der Waals surface area contributed by atoms with Gasteiger partial charge in [-0.05, 0) is 49.2 Å². The molecular weight excluding hydrogens is 344 g/mol. The molecule has 0 spiro atoms. The Hall–Kier alpha value is -3.61. The van der Waals surface area contributed by atoms with Gasteiger partial charge in [0, 0.05) is 11.1 Å². The van der Waals surface area contributed by atoms with Gasteiger partial charge < -0.3 is 9.84 Å². The van der Waals surface area contributed by atoms with Crippen LogP contribution >= 0.6 is 0 Å². The van der Waals surface area contributed by atoms with Gasteiger partial charge in [-0.15, -0.1) is 0 Å². The molecule has 0 saturated heterocycles. The molecule has 2 aromatic carbocycles. The SMILES string of the molecule is COc1cccc(C=NNC(=O)c2cc(-c3ccc(C)c(C)c3)n[nH]2)c1O. The first-order chi connectivity index (χ1) is 13.0. The summed E-state index contributed by atoms with van der Waals surface area (Å²) in [5.74, 6) is -0.148. The van der Waals surface area contributed by atoms with Gasteiger partial charge in [0.15, 0.2) is 11.5 Å². The first kappa shape index (κ1) is 18.2. The van der Waals surface area contributed by atoms with Gasteiger partial charge in [0.1, 0.15) is 5.69 Å². The Kier molecular flexibility index (Phi) is 5.21. The summed E-state index contributed by atoms with van der Waals surface area (Å²) in [6.45, 7) is 4.07. The predicted octanol–water partition coefficient (Wildman–Crippen LogP) is 3.17. The molecule has 3 rings (SSSR count). The number of amides is 1. The number of carbonyl (C=O) groups excluding carboxylic acids is 1. The quantitative estimate of drug-likeness (QED) is 0.478. The number of aromatic hydroxyl groups is 1. The van der Waals surface area contributed by atoms with Crippen molar-refractivity contribution >= 4 is 12.1 Å². The molecule has 0 aliphatic heterocycles. The van der Waals surface area contributed by atoms with Gasteiger partial charge in [-0.1, -0.05) is 18.2 Å². The number of hydrogen-bond donors (Lipinski definition) is 3. The number of aromatic nitrogens is 2. The third-order valence-corrected chi connectivity index (χ3v) is 4.25. The molecule has 0 aliphatic carbocycles. The molecule has 7 heteroatoms. The Labute approximate surface area is 156 Å². The molecule has 3 aromatic rings. The van der Waals surface area contributed by atoms with E-state index in [0.29, 0.717) is 17.0 Å². The largest absolute Gasteiger partial charge is 0.504 e. The van der Waals surface area contributed by atoms with E-state index in [-0.39, 0.29) is 11.4 Å². The van der Waals surface area contributed by atoms with Gasteiger partial charge in [0.25, 0.3) is 5.91 Å². The number of hydrazone groups is 1. The number of hydrogen-bond acceptors (Lipinski definition) is 5. The minimum Gasteiger partial charge on any atom is -0.504 e. The van der Waals surface area contributed by atoms with Gasteiger partial charge in [0.2, 0.25) is 0 Å². The molecule has 0 bridgehead atoms. The number of nitrogens with zero attached hydrogens (tertiary/aromatic N) is 2. The number of aromatic amines is 1. The van der Waals surface area contributed by atoms with Crippen LogP contribution < -0.4 is 10.2 Å². The van der Waals surface area contributed by atoms with Crippen LogP contribution in [0.15, 0.2) is 47.6 Å². The summed E-state index contributed by atoms with van der Waals surface area (Å²) in [4.78, 5) is 12.2. The smallest absolute Gasteiger partial charge is 0.289 e. The van der Waals surface area contributed by atoms with E-state index >= 15 is 0 Å². The Morgan fingerprint density at radius 2 is 2.04 bits per heavy atom. The van der Waals surface area contributed by atoms with Crippen molar-refractivity contribution in [2.45, 2.75) is 13.8 Å². The van der Waals surface area contributed by atoms with Gasteiger partial charge in [-0.2, -0.15) is 10.2 Å². The van der Waals surface area contributed by atoms with Crippen molar-refractivity contribution in [3.05, 3.63) is 64.8 Å². The number of phenolic OH excluding ortho intramolecular Hbond substituents is 1. The zero-order valence-electron chi connectivity index (χ0n) is 15.3. The van der Waals surface area contributed by atoms with Crippen LogP contribution in [-0.2, 0) is 0 Å². The monoisotopic (exact) mass is 364 g/mol. The van der Waals surface area contributed by atoms with E-state index < -0.39 is 5.91 Å². The molecule has 0 radical (unpaired) electrons. The summed E-state index contributed by atoms with van der Waals surface area (Å²) < 4.78 is 5.03. The second kappa shape index (κ2) is 7.74. The van der Waals surface area contributed by atoms with Crippen LogP contribution in [0.3, 0.4) is 0 Å². The number of phenols is 1. The lowest BCUT2D eigenvalue weighted by molar-refractivity contribution is 0.0950. The minimum absolute atomic E-state index is 0.0448. The number of H-pyrrole nitrogens is 1. The molecule has 0 aliphatic rings. The fourth-order valence-electron chi connectivity index (χ4n) is 2.52. The first-order valence-electron chi connectivity index (χ1n) is 8.32. The third-order valence-electron chi connectivity index (χ3n) is 4.25. The molecule has 138 valence electrons. The lowest BCUT2D eigenvalue weighted by atomic mass is 10.0. The number of ether oxygens (including phenoxy) is 1. The molecule has 0 unspecified atom stereocenters. The van der Waals surface area contributed by atoms with Crippen LogP contribution in [0.5, 0.6) is 11.5 Å². The number of para-hydroxylation sites is 1. The van der Waals surface area contributed by atoms with Crippen molar-refractivity contribution in [3.8, 4) is 22.8 Å². The van der Waals surface area contributed by atoms with Crippen molar-refractivity contribution in [1.82, 2.24) is 15.6 Å². The molecule has 1 amide bonds. The van der Waals surface area contributed by atoms with Crippen molar-refractivity contribution in [3.63, 3.8) is 0 Å². The van der Waals surface area contributed by atoms with Crippen molar-refractivity contribution in [2.24, 2.45) is 5.10 Å². The number of aryl methyl sites for hydroxylation is 2. The number of methoxy groups -OCH3 is 1. The summed E-state index contributed by atoms with van der Waals surface area (Å²) in [7, 11) is 1.46. The minimum atomic E-state index is -0.434. The Bertz CT molecular complexity index is 1010. The third kappa shape index (κ3) is 3.98. The zero-order chi connectivity index (χ0) is 19.4. The fourth-order valence-corrected chi connectivity index (χ4v) is 2.52. The van der Waals surface area contributed by atoms with Crippen LogP contribution in [0, 0.1) is 13.8 Å². The number of rotatable bonds is 5. The zero-order valence-corrected chi connectivity index (χ0v) is 15.3. The van der Waals surface area contributed by atoms with E-state index in [0.717, 1.165) is 11.1 Å². The predicted molar refractivity (Wildman–Crippen MR) is 103 cm³/mol. The lowest BCUT2D eigenvalue weighted by Gasteiger charge is -2.04. The first-order valence-corrected chi connectivity index (χ1v) is 8.32. The molecule has 0 atom stereocenters. The molecule has 1 aromatic heterocycles. The Balaban J connectivity index is 1.70. The van der Waals surface area contributed by atoms with Gasteiger partial charge in [-0.3, -0.25) is 9.89 Å². The van der Waals surface area contributed by atoms with E-state index in [4.69, 9.17) is 4.74 Å². The second-order valence-corrected chi connectivity index (χ2v) is 6.06. The van der Waals surface area contributed by atoms with Crippen LogP contribution in [0.2, 0.25) is 0 Å². The molecule has 1 heterocycles. The summed E-state index contributed by atoms with van der Waals surface area (Å²) in [6.07, 6.45) is 1.34. The van der Waals surface area contributed by atoms with E-state index in [1.165, 1.54) is 18.9 Å². The average Bonchev–Trinajstić information content (AvgIpc) is 3.15. The van der Waals surface area contributed by atoms with Crippen LogP contribution in [0.1, 0.15) is 27.2 Å². The average molecular weight is 364 g/mol. The lowest BCUT2D eigenvalue weighted by Crippen LogP contribution is -2.18. The second-order valence-electron chi connectivity index (χ2n) is 6.06. The fraction of sp³-hybridized carbons (Fsp3) is 0.150. The molecular formula is C20H20N4O3. The van der Waals surface area contributed by atoms with E-state index in [1.54, 1.807) is 24.3 Å².